The minimum atomic E-state index is -0.250. The number of carbonyl (C=O) groups is 1. The second-order valence-corrected chi connectivity index (χ2v) is 6.58. The maximum absolute atomic E-state index is 12.8. The second kappa shape index (κ2) is 7.69. The maximum atomic E-state index is 12.8. The van der Waals surface area contributed by atoms with Crippen molar-refractivity contribution in [2.24, 2.45) is 5.41 Å². The van der Waals surface area contributed by atoms with Crippen LogP contribution in [0.15, 0.2) is 48.2 Å². The van der Waals surface area contributed by atoms with Crippen molar-refractivity contribution >= 4 is 17.5 Å². The van der Waals surface area contributed by atoms with Crippen molar-refractivity contribution in [1.82, 2.24) is 24.1 Å². The van der Waals surface area contributed by atoms with Crippen LogP contribution in [0.3, 0.4) is 0 Å². The zero-order valence-electron chi connectivity index (χ0n) is 14.4. The van der Waals surface area contributed by atoms with Crippen molar-refractivity contribution in [3.8, 4) is 0 Å². The average molecular weight is 343 g/mol. The van der Waals surface area contributed by atoms with E-state index in [1.807, 2.05) is 10.8 Å². The van der Waals surface area contributed by atoms with Gasteiger partial charge in [0.2, 0.25) is 0 Å². The Morgan fingerprint density at radius 1 is 1.24 bits per heavy atom. The lowest BCUT2D eigenvalue weighted by molar-refractivity contribution is -0.122. The molecule has 0 aliphatic heterocycles. The van der Waals surface area contributed by atoms with E-state index in [9.17, 15) is 4.79 Å². The lowest BCUT2D eigenvalue weighted by atomic mass is 9.86. The molecule has 3 aromatic heterocycles. The van der Waals surface area contributed by atoms with Gasteiger partial charge in [-0.15, -0.1) is 0 Å². The summed E-state index contributed by atoms with van der Waals surface area (Å²) in [6.45, 7) is 6.77. The van der Waals surface area contributed by atoms with Gasteiger partial charge in [0.05, 0.1) is 17.8 Å². The van der Waals surface area contributed by atoms with Crippen LogP contribution in [0.4, 0.5) is 0 Å². The monoisotopic (exact) mass is 343 g/mol. The predicted octanol–water partition coefficient (Wildman–Crippen LogP) is 1.98. The quantitative estimate of drug-likeness (QED) is 0.729. The van der Waals surface area contributed by atoms with Gasteiger partial charge < -0.3 is 9.67 Å². The zero-order valence-corrected chi connectivity index (χ0v) is 14.4. The van der Waals surface area contributed by atoms with E-state index in [1.165, 1.54) is 0 Å². The number of rotatable bonds is 3. The largest absolute Gasteiger partial charge is 0.483 e. The van der Waals surface area contributed by atoms with Crippen LogP contribution in [0.1, 0.15) is 26.8 Å². The molecule has 1 unspecified atom stereocenters. The number of carboxylic acid groups (broad SMARTS) is 1. The molecule has 3 rings (SSSR count). The fourth-order valence-corrected chi connectivity index (χ4v) is 2.57. The van der Waals surface area contributed by atoms with Crippen LogP contribution in [0.2, 0.25) is 0 Å². The Bertz CT molecular complexity index is 881. The molecule has 0 saturated heterocycles. The van der Waals surface area contributed by atoms with Gasteiger partial charge in [-0.25, -0.2) is 15.0 Å². The maximum Gasteiger partial charge on any atom is 0.290 e. The highest BCUT2D eigenvalue weighted by Crippen LogP contribution is 2.31. The highest BCUT2D eigenvalue weighted by Gasteiger charge is 2.28. The summed E-state index contributed by atoms with van der Waals surface area (Å²) in [6.07, 6.45) is 8.65. The number of nitrogens with zero attached hydrogens (tertiary/aromatic N) is 5. The van der Waals surface area contributed by atoms with E-state index >= 15 is 0 Å². The molecule has 0 aliphatic rings. The standard InChI is InChI=1S/C16H19N5O.CH2O2/c1-16(2,3)13(9-20-8-7-17-10-20)21-11-19-14-12(15(21)22)5-4-6-18-14;2-1-3/h4-8,10-11,13H,9H2,1-3H3;1H,(H,2,3). The summed E-state index contributed by atoms with van der Waals surface area (Å²) in [5.41, 5.74) is 0.322. The van der Waals surface area contributed by atoms with Gasteiger partial charge in [0.1, 0.15) is 6.33 Å². The van der Waals surface area contributed by atoms with Crippen molar-refractivity contribution in [2.75, 3.05) is 0 Å². The van der Waals surface area contributed by atoms with Crippen molar-refractivity contribution in [2.45, 2.75) is 33.4 Å². The van der Waals surface area contributed by atoms with Crippen LogP contribution in [0, 0.1) is 5.41 Å². The van der Waals surface area contributed by atoms with Crippen LogP contribution in [-0.4, -0.2) is 35.7 Å². The minimum Gasteiger partial charge on any atom is -0.483 e. The predicted molar refractivity (Wildman–Crippen MR) is 93.2 cm³/mol. The Balaban J connectivity index is 0.000000701. The topological polar surface area (TPSA) is 103 Å². The number of hydrogen-bond donors (Lipinski definition) is 1. The first-order chi connectivity index (χ1) is 11.9. The molecule has 25 heavy (non-hydrogen) atoms. The molecular formula is C17H21N5O3. The van der Waals surface area contributed by atoms with Crippen LogP contribution < -0.4 is 5.56 Å². The molecule has 1 N–H and O–H groups in total. The Labute approximate surface area is 144 Å². The van der Waals surface area contributed by atoms with Gasteiger partial charge in [-0.2, -0.15) is 0 Å². The van der Waals surface area contributed by atoms with E-state index in [0.29, 0.717) is 17.6 Å². The van der Waals surface area contributed by atoms with E-state index in [4.69, 9.17) is 9.90 Å². The summed E-state index contributed by atoms with van der Waals surface area (Å²) in [5, 5.41) is 7.44. The lowest BCUT2D eigenvalue weighted by Gasteiger charge is -2.32. The van der Waals surface area contributed by atoms with Gasteiger partial charge >= 0.3 is 0 Å². The first-order valence-electron chi connectivity index (χ1n) is 7.74. The van der Waals surface area contributed by atoms with Gasteiger partial charge in [-0.05, 0) is 17.5 Å². The smallest absolute Gasteiger partial charge is 0.290 e. The number of hydrogen-bond acceptors (Lipinski definition) is 5. The Hall–Kier alpha value is -3.03. The van der Waals surface area contributed by atoms with E-state index in [-0.39, 0.29) is 23.5 Å². The van der Waals surface area contributed by atoms with Crippen molar-refractivity contribution < 1.29 is 9.90 Å². The highest BCUT2D eigenvalue weighted by molar-refractivity contribution is 5.72. The molecule has 3 aromatic rings. The van der Waals surface area contributed by atoms with Crippen molar-refractivity contribution in [3.05, 3.63) is 53.7 Å². The molecule has 0 fully saturated rings. The van der Waals surface area contributed by atoms with E-state index in [0.717, 1.165) is 0 Å². The lowest BCUT2D eigenvalue weighted by Crippen LogP contribution is -2.35. The highest BCUT2D eigenvalue weighted by atomic mass is 16.3. The summed E-state index contributed by atoms with van der Waals surface area (Å²) in [7, 11) is 0. The molecule has 0 aliphatic carbocycles. The third-order valence-electron chi connectivity index (χ3n) is 3.83. The molecule has 1 atom stereocenters. The van der Waals surface area contributed by atoms with Gasteiger partial charge in [0.25, 0.3) is 12.0 Å². The van der Waals surface area contributed by atoms with Crippen molar-refractivity contribution in [1.29, 1.82) is 0 Å². The molecule has 132 valence electrons. The van der Waals surface area contributed by atoms with E-state index in [2.05, 4.69) is 35.7 Å². The van der Waals surface area contributed by atoms with Gasteiger partial charge in [0.15, 0.2) is 5.65 Å². The zero-order chi connectivity index (χ0) is 18.4. The Morgan fingerprint density at radius 3 is 2.56 bits per heavy atom. The normalized spacial score (nSPS) is 12.3. The molecule has 0 saturated carbocycles. The number of imidazole rings is 1. The molecule has 8 nitrogen and oxygen atoms in total. The van der Waals surface area contributed by atoms with Gasteiger partial charge in [-0.1, -0.05) is 20.8 Å². The molecule has 0 spiro atoms. The number of aromatic nitrogens is 5. The van der Waals surface area contributed by atoms with Crippen LogP contribution in [0.25, 0.3) is 11.0 Å². The van der Waals surface area contributed by atoms with Gasteiger partial charge in [-0.3, -0.25) is 14.2 Å². The molecule has 0 radical (unpaired) electrons. The minimum absolute atomic E-state index is 0.0358. The average Bonchev–Trinajstić information content (AvgIpc) is 3.07. The summed E-state index contributed by atoms with van der Waals surface area (Å²) in [6, 6.07) is 3.49. The van der Waals surface area contributed by atoms with Gasteiger partial charge in [0, 0.05) is 25.1 Å². The molecule has 0 aromatic carbocycles. The molecule has 0 bridgehead atoms. The van der Waals surface area contributed by atoms with Crippen LogP contribution in [0.5, 0.6) is 0 Å². The Kier molecular flexibility index (Phi) is 5.63. The number of fused-ring (bicyclic) bond motifs is 1. The Morgan fingerprint density at radius 2 is 1.96 bits per heavy atom. The fraction of sp³-hybridized carbons (Fsp3) is 0.353. The summed E-state index contributed by atoms with van der Waals surface area (Å²) < 4.78 is 3.69. The second-order valence-electron chi connectivity index (χ2n) is 6.58. The molecule has 3 heterocycles. The first-order valence-corrected chi connectivity index (χ1v) is 7.74. The first kappa shape index (κ1) is 18.3. The molecule has 0 amide bonds. The summed E-state index contributed by atoms with van der Waals surface area (Å²) in [5.74, 6) is 0. The molecule has 8 heteroatoms. The van der Waals surface area contributed by atoms with Crippen LogP contribution >= 0.6 is 0 Å². The van der Waals surface area contributed by atoms with Crippen molar-refractivity contribution in [3.63, 3.8) is 0 Å². The third kappa shape index (κ3) is 4.28. The van der Waals surface area contributed by atoms with E-state index in [1.54, 1.807) is 41.7 Å². The third-order valence-corrected chi connectivity index (χ3v) is 3.83. The van der Waals surface area contributed by atoms with E-state index < -0.39 is 0 Å². The molecular weight excluding hydrogens is 322 g/mol. The fourth-order valence-electron chi connectivity index (χ4n) is 2.57. The summed E-state index contributed by atoms with van der Waals surface area (Å²) >= 11 is 0. The number of pyridine rings is 1. The SMILES string of the molecule is CC(C)(C)C(Cn1ccnc1)n1cnc2ncccc2c1=O.O=CO. The summed E-state index contributed by atoms with van der Waals surface area (Å²) in [4.78, 5) is 33.7. The van der Waals surface area contributed by atoms with Crippen LogP contribution in [-0.2, 0) is 11.3 Å².